The maximum absolute atomic E-state index is 14.6. The Labute approximate surface area is 201 Å². The zero-order valence-electron chi connectivity index (χ0n) is 18.6. The zero-order chi connectivity index (χ0) is 24.6. The fourth-order valence-corrected chi connectivity index (χ4v) is 3.58. The van der Waals surface area contributed by atoms with Gasteiger partial charge in [-0.25, -0.2) is 4.39 Å². The van der Waals surface area contributed by atoms with Crippen LogP contribution >= 0.6 is 0 Å². The van der Waals surface area contributed by atoms with Gasteiger partial charge in [-0.15, -0.1) is 0 Å². The van der Waals surface area contributed by atoms with Crippen LogP contribution < -0.4 is 10.6 Å². The van der Waals surface area contributed by atoms with Crippen LogP contribution in [0.5, 0.6) is 0 Å². The summed E-state index contributed by atoms with van der Waals surface area (Å²) in [5.41, 5.74) is 3.00. The summed E-state index contributed by atoms with van der Waals surface area (Å²) in [6, 6.07) is 22.8. The molecule has 0 saturated heterocycles. The lowest BCUT2D eigenvalue weighted by molar-refractivity contribution is -0.109. The van der Waals surface area contributed by atoms with Crippen LogP contribution in [0.3, 0.4) is 0 Å². The molecule has 7 heteroatoms. The van der Waals surface area contributed by atoms with Crippen molar-refractivity contribution in [2.24, 2.45) is 0 Å². The second-order valence-electron chi connectivity index (χ2n) is 7.87. The van der Waals surface area contributed by atoms with Crippen molar-refractivity contribution >= 4 is 23.8 Å². The number of hydrogen-bond donors (Lipinski definition) is 2. The molecule has 0 aliphatic carbocycles. The van der Waals surface area contributed by atoms with Crippen molar-refractivity contribution in [3.63, 3.8) is 0 Å². The van der Waals surface area contributed by atoms with Crippen LogP contribution in [0.25, 0.3) is 11.1 Å². The van der Waals surface area contributed by atoms with E-state index in [1.807, 2.05) is 30.3 Å². The highest BCUT2D eigenvalue weighted by Crippen LogP contribution is 2.22. The Bertz CT molecular complexity index is 1330. The lowest BCUT2D eigenvalue weighted by Gasteiger charge is -2.13. The van der Waals surface area contributed by atoms with Gasteiger partial charge in [0.2, 0.25) is 0 Å². The Morgan fingerprint density at radius 1 is 0.857 bits per heavy atom. The van der Waals surface area contributed by atoms with E-state index in [2.05, 4.69) is 15.6 Å². The predicted molar refractivity (Wildman–Crippen MR) is 131 cm³/mol. The van der Waals surface area contributed by atoms with Gasteiger partial charge in [-0.2, -0.15) is 0 Å². The number of rotatable bonds is 8. The molecule has 1 atom stereocenters. The number of amides is 2. The fourth-order valence-electron chi connectivity index (χ4n) is 3.58. The molecule has 174 valence electrons. The summed E-state index contributed by atoms with van der Waals surface area (Å²) in [4.78, 5) is 40.5. The lowest BCUT2D eigenvalue weighted by Crippen LogP contribution is -2.37. The number of aldehydes is 1. The van der Waals surface area contributed by atoms with Gasteiger partial charge in [0.05, 0.1) is 11.6 Å². The highest BCUT2D eigenvalue weighted by molar-refractivity contribution is 6.05. The quantitative estimate of drug-likeness (QED) is 0.368. The van der Waals surface area contributed by atoms with Gasteiger partial charge in [-0.3, -0.25) is 14.6 Å². The third kappa shape index (κ3) is 6.03. The molecule has 0 fully saturated rings. The zero-order valence-corrected chi connectivity index (χ0v) is 18.6. The summed E-state index contributed by atoms with van der Waals surface area (Å²) in [5.74, 6) is -1.66. The summed E-state index contributed by atoms with van der Waals surface area (Å²) in [6.45, 7) is 0. The van der Waals surface area contributed by atoms with Crippen LogP contribution in [-0.4, -0.2) is 29.1 Å². The van der Waals surface area contributed by atoms with E-state index in [0.717, 1.165) is 11.1 Å². The van der Waals surface area contributed by atoms with Crippen molar-refractivity contribution in [1.82, 2.24) is 10.3 Å². The summed E-state index contributed by atoms with van der Waals surface area (Å²) >= 11 is 0. The van der Waals surface area contributed by atoms with Gasteiger partial charge in [0.15, 0.2) is 0 Å². The van der Waals surface area contributed by atoms with Crippen LogP contribution in [0.15, 0.2) is 97.3 Å². The molecule has 0 saturated carbocycles. The van der Waals surface area contributed by atoms with Gasteiger partial charge in [0.1, 0.15) is 12.1 Å². The first kappa shape index (κ1) is 23.5. The summed E-state index contributed by atoms with van der Waals surface area (Å²) in [6.07, 6.45) is 4.31. The molecule has 6 nitrogen and oxygen atoms in total. The Balaban J connectivity index is 1.38. The number of hydrogen-bond acceptors (Lipinski definition) is 4. The van der Waals surface area contributed by atoms with Crippen molar-refractivity contribution in [2.45, 2.75) is 12.5 Å². The number of nitrogens with one attached hydrogen (secondary N) is 2. The normalized spacial score (nSPS) is 11.3. The first-order valence-electron chi connectivity index (χ1n) is 10.9. The number of halogens is 1. The Morgan fingerprint density at radius 3 is 2.23 bits per heavy atom. The molecule has 2 N–H and O–H groups in total. The third-order valence-electron chi connectivity index (χ3n) is 5.41. The molecule has 1 aromatic heterocycles. The molecule has 0 aliphatic rings. The highest BCUT2D eigenvalue weighted by atomic mass is 19.1. The molecule has 0 spiro atoms. The van der Waals surface area contributed by atoms with Gasteiger partial charge < -0.3 is 15.4 Å². The number of pyridine rings is 1. The van der Waals surface area contributed by atoms with Crippen LogP contribution in [0.2, 0.25) is 0 Å². The molecule has 2 amide bonds. The van der Waals surface area contributed by atoms with E-state index >= 15 is 0 Å². The number of carbonyl (C=O) groups is 3. The number of nitrogens with zero attached hydrogens (tertiary/aromatic N) is 1. The summed E-state index contributed by atoms with van der Waals surface area (Å²) < 4.78 is 14.6. The minimum absolute atomic E-state index is 0.0978. The van der Waals surface area contributed by atoms with E-state index in [-0.39, 0.29) is 5.56 Å². The van der Waals surface area contributed by atoms with E-state index in [1.165, 1.54) is 24.3 Å². The second-order valence-corrected chi connectivity index (χ2v) is 7.87. The minimum atomic E-state index is -0.664. The molecule has 4 rings (SSSR count). The average molecular weight is 468 g/mol. The molecule has 0 aliphatic heterocycles. The van der Waals surface area contributed by atoms with Gasteiger partial charge in [0, 0.05) is 23.6 Å². The van der Waals surface area contributed by atoms with E-state index in [9.17, 15) is 18.8 Å². The SMILES string of the molecule is O=CC(Cc1ccccc1)NC(=O)c1ccc(NC(=O)c2ccc(-c3ccncc3)cc2F)cc1. The highest BCUT2D eigenvalue weighted by Gasteiger charge is 2.16. The van der Waals surface area contributed by atoms with E-state index in [4.69, 9.17) is 0 Å². The number of benzene rings is 3. The molecule has 35 heavy (non-hydrogen) atoms. The topological polar surface area (TPSA) is 88.2 Å². The molecular weight excluding hydrogens is 445 g/mol. The van der Waals surface area contributed by atoms with Crippen LogP contribution in [0.4, 0.5) is 10.1 Å². The first-order valence-corrected chi connectivity index (χ1v) is 10.9. The van der Waals surface area contributed by atoms with Crippen LogP contribution in [0, 0.1) is 5.82 Å². The Hall–Kier alpha value is -4.65. The monoisotopic (exact) mass is 467 g/mol. The van der Waals surface area contributed by atoms with Gasteiger partial charge in [0.25, 0.3) is 11.8 Å². The molecule has 0 bridgehead atoms. The van der Waals surface area contributed by atoms with Crippen molar-refractivity contribution < 1.29 is 18.8 Å². The van der Waals surface area contributed by atoms with E-state index in [0.29, 0.717) is 29.5 Å². The third-order valence-corrected chi connectivity index (χ3v) is 5.41. The smallest absolute Gasteiger partial charge is 0.258 e. The molecule has 1 unspecified atom stereocenters. The van der Waals surface area contributed by atoms with Gasteiger partial charge in [-0.05, 0) is 71.6 Å². The Kier molecular flexibility index (Phi) is 7.37. The maximum atomic E-state index is 14.6. The van der Waals surface area contributed by atoms with Gasteiger partial charge in [-0.1, -0.05) is 36.4 Å². The first-order chi connectivity index (χ1) is 17.0. The predicted octanol–water partition coefficient (Wildman–Crippen LogP) is 4.68. The van der Waals surface area contributed by atoms with E-state index < -0.39 is 23.7 Å². The molecule has 0 radical (unpaired) electrons. The number of carbonyl (C=O) groups excluding carboxylic acids is 3. The van der Waals surface area contributed by atoms with Crippen molar-refractivity contribution in [3.05, 3.63) is 120 Å². The fraction of sp³-hybridized carbons (Fsp3) is 0.0714. The average Bonchev–Trinajstić information content (AvgIpc) is 2.89. The van der Waals surface area contributed by atoms with Gasteiger partial charge >= 0.3 is 0 Å². The minimum Gasteiger partial charge on any atom is -0.342 e. The molecule has 1 heterocycles. The standard InChI is InChI=1S/C28H22FN3O3/c29-26-17-22(20-12-14-30-15-13-20)8-11-25(26)28(35)31-23-9-6-21(7-10-23)27(34)32-24(18-33)16-19-4-2-1-3-5-19/h1-15,17-18,24H,16H2,(H,31,35)(H,32,34). The number of anilines is 1. The maximum Gasteiger partial charge on any atom is 0.258 e. The summed E-state index contributed by atoms with van der Waals surface area (Å²) in [5, 5.41) is 5.33. The molecule has 4 aromatic rings. The van der Waals surface area contributed by atoms with Crippen molar-refractivity contribution in [1.29, 1.82) is 0 Å². The molecular formula is C28H22FN3O3. The van der Waals surface area contributed by atoms with Crippen molar-refractivity contribution in [3.8, 4) is 11.1 Å². The lowest BCUT2D eigenvalue weighted by atomic mass is 10.0. The Morgan fingerprint density at radius 2 is 1.57 bits per heavy atom. The number of aromatic nitrogens is 1. The van der Waals surface area contributed by atoms with Crippen molar-refractivity contribution in [2.75, 3.05) is 5.32 Å². The molecule has 3 aromatic carbocycles. The largest absolute Gasteiger partial charge is 0.342 e. The van der Waals surface area contributed by atoms with E-state index in [1.54, 1.807) is 42.7 Å². The second kappa shape index (κ2) is 11.0. The van der Waals surface area contributed by atoms with Crippen LogP contribution in [0.1, 0.15) is 26.3 Å². The van der Waals surface area contributed by atoms with Crippen LogP contribution in [-0.2, 0) is 11.2 Å². The summed E-state index contributed by atoms with van der Waals surface area (Å²) in [7, 11) is 0.